The van der Waals surface area contributed by atoms with Gasteiger partial charge < -0.3 is 9.73 Å². The predicted molar refractivity (Wildman–Crippen MR) is 69.9 cm³/mol. The van der Waals surface area contributed by atoms with Crippen molar-refractivity contribution >= 4 is 33.2 Å². The first-order chi connectivity index (χ1) is 8.06. The van der Waals surface area contributed by atoms with Gasteiger partial charge in [0.2, 0.25) is 0 Å². The number of halogens is 3. The van der Waals surface area contributed by atoms with Crippen LogP contribution in [0.3, 0.4) is 0 Å². The molecule has 0 fully saturated rings. The van der Waals surface area contributed by atoms with Gasteiger partial charge in [-0.2, -0.15) is 0 Å². The summed E-state index contributed by atoms with van der Waals surface area (Å²) in [6.45, 7) is 1.91. The third-order valence-electron chi connectivity index (χ3n) is 2.32. The number of benzene rings is 1. The SMILES string of the molecule is CC(Nc1cc(F)ccc1Cl)c1ccc(Br)o1. The number of rotatable bonds is 3. The van der Waals surface area contributed by atoms with Gasteiger partial charge in [0.05, 0.1) is 16.8 Å². The summed E-state index contributed by atoms with van der Waals surface area (Å²) < 4.78 is 19.1. The highest BCUT2D eigenvalue weighted by molar-refractivity contribution is 9.10. The Morgan fingerprint density at radius 1 is 1.35 bits per heavy atom. The molecule has 0 aliphatic rings. The van der Waals surface area contributed by atoms with E-state index in [-0.39, 0.29) is 11.9 Å². The highest BCUT2D eigenvalue weighted by Gasteiger charge is 2.11. The Morgan fingerprint density at radius 2 is 2.12 bits per heavy atom. The fraction of sp³-hybridized carbons (Fsp3) is 0.167. The van der Waals surface area contributed by atoms with E-state index in [1.54, 1.807) is 6.07 Å². The Morgan fingerprint density at radius 3 is 2.76 bits per heavy atom. The predicted octanol–water partition coefficient (Wildman–Crippen LogP) is 5.01. The molecule has 0 radical (unpaired) electrons. The van der Waals surface area contributed by atoms with Gasteiger partial charge in [-0.3, -0.25) is 0 Å². The molecule has 1 aromatic heterocycles. The van der Waals surface area contributed by atoms with Crippen LogP contribution in [0, 0.1) is 5.82 Å². The largest absolute Gasteiger partial charge is 0.452 e. The average molecular weight is 319 g/mol. The summed E-state index contributed by atoms with van der Waals surface area (Å²) in [7, 11) is 0. The smallest absolute Gasteiger partial charge is 0.169 e. The van der Waals surface area contributed by atoms with Crippen LogP contribution in [0.2, 0.25) is 5.02 Å². The molecule has 90 valence electrons. The molecule has 2 nitrogen and oxygen atoms in total. The van der Waals surface area contributed by atoms with Crippen LogP contribution in [-0.2, 0) is 0 Å². The first-order valence-electron chi connectivity index (χ1n) is 5.03. The van der Waals surface area contributed by atoms with Gasteiger partial charge >= 0.3 is 0 Å². The van der Waals surface area contributed by atoms with Crippen LogP contribution < -0.4 is 5.32 Å². The van der Waals surface area contributed by atoms with Crippen molar-refractivity contribution in [1.29, 1.82) is 0 Å². The molecule has 5 heteroatoms. The quantitative estimate of drug-likeness (QED) is 0.860. The Hall–Kier alpha value is -1.00. The second-order valence-electron chi connectivity index (χ2n) is 3.63. The van der Waals surface area contributed by atoms with Gasteiger partial charge in [0.25, 0.3) is 0 Å². The molecule has 0 saturated heterocycles. The molecular weight excluding hydrogens is 308 g/mol. The van der Waals surface area contributed by atoms with E-state index in [1.165, 1.54) is 18.2 Å². The maximum Gasteiger partial charge on any atom is 0.169 e. The van der Waals surface area contributed by atoms with Gasteiger partial charge in [-0.15, -0.1) is 0 Å². The summed E-state index contributed by atoms with van der Waals surface area (Å²) in [5.74, 6) is 0.418. The zero-order chi connectivity index (χ0) is 12.4. The lowest BCUT2D eigenvalue weighted by Crippen LogP contribution is -2.06. The highest BCUT2D eigenvalue weighted by atomic mass is 79.9. The van der Waals surface area contributed by atoms with Crippen molar-refractivity contribution in [3.05, 3.63) is 51.6 Å². The van der Waals surface area contributed by atoms with Crippen LogP contribution in [0.25, 0.3) is 0 Å². The van der Waals surface area contributed by atoms with Gasteiger partial charge in [-0.05, 0) is 53.2 Å². The maximum absolute atomic E-state index is 13.1. The second kappa shape index (κ2) is 5.10. The molecule has 1 N–H and O–H groups in total. The number of hydrogen-bond acceptors (Lipinski definition) is 2. The van der Waals surface area contributed by atoms with E-state index in [1.807, 2.05) is 13.0 Å². The van der Waals surface area contributed by atoms with E-state index < -0.39 is 0 Å². The summed E-state index contributed by atoms with van der Waals surface area (Å²) in [4.78, 5) is 0. The fourth-order valence-electron chi connectivity index (χ4n) is 1.47. The van der Waals surface area contributed by atoms with Crippen molar-refractivity contribution in [3.63, 3.8) is 0 Å². The van der Waals surface area contributed by atoms with Crippen LogP contribution in [0.5, 0.6) is 0 Å². The normalized spacial score (nSPS) is 12.5. The molecule has 0 bridgehead atoms. The summed E-state index contributed by atoms with van der Waals surface area (Å²) in [5, 5.41) is 3.57. The lowest BCUT2D eigenvalue weighted by molar-refractivity contribution is 0.471. The molecule has 17 heavy (non-hydrogen) atoms. The molecule has 0 aliphatic carbocycles. The molecule has 2 aromatic rings. The molecule has 1 atom stereocenters. The summed E-state index contributed by atoms with van der Waals surface area (Å²) >= 11 is 9.20. The number of nitrogens with one attached hydrogen (secondary N) is 1. The summed E-state index contributed by atoms with van der Waals surface area (Å²) in [6.07, 6.45) is 0. The van der Waals surface area contributed by atoms with E-state index in [9.17, 15) is 4.39 Å². The molecule has 1 unspecified atom stereocenters. The summed E-state index contributed by atoms with van der Waals surface area (Å²) in [5.41, 5.74) is 0.548. The minimum absolute atomic E-state index is 0.0967. The zero-order valence-corrected chi connectivity index (χ0v) is 11.3. The standard InChI is InChI=1S/C12H10BrClFNO/c1-7(11-4-5-12(13)17-11)16-10-6-8(15)2-3-9(10)14/h2-7,16H,1H3. The highest BCUT2D eigenvalue weighted by Crippen LogP contribution is 2.28. The van der Waals surface area contributed by atoms with Gasteiger partial charge in [-0.1, -0.05) is 11.6 Å². The Kier molecular flexibility index (Phi) is 3.74. The van der Waals surface area contributed by atoms with E-state index in [0.29, 0.717) is 15.4 Å². The second-order valence-corrected chi connectivity index (χ2v) is 4.82. The van der Waals surface area contributed by atoms with Crippen LogP contribution in [-0.4, -0.2) is 0 Å². The Labute approximate surface area is 112 Å². The van der Waals surface area contributed by atoms with Crippen molar-refractivity contribution < 1.29 is 8.81 Å². The zero-order valence-electron chi connectivity index (χ0n) is 9.01. The van der Waals surface area contributed by atoms with Crippen molar-refractivity contribution in [1.82, 2.24) is 0 Å². The van der Waals surface area contributed by atoms with E-state index >= 15 is 0 Å². The average Bonchev–Trinajstić information content (AvgIpc) is 2.70. The molecular formula is C12H10BrClFNO. The van der Waals surface area contributed by atoms with E-state index in [2.05, 4.69) is 21.2 Å². The number of anilines is 1. The van der Waals surface area contributed by atoms with Gasteiger partial charge in [0, 0.05) is 0 Å². The van der Waals surface area contributed by atoms with Crippen molar-refractivity contribution in [2.45, 2.75) is 13.0 Å². The number of furan rings is 1. The maximum atomic E-state index is 13.1. The van der Waals surface area contributed by atoms with Crippen molar-refractivity contribution in [2.24, 2.45) is 0 Å². The molecule has 2 rings (SSSR count). The molecule has 0 amide bonds. The molecule has 0 saturated carbocycles. The van der Waals surface area contributed by atoms with Crippen molar-refractivity contribution in [2.75, 3.05) is 5.32 Å². The lowest BCUT2D eigenvalue weighted by Gasteiger charge is -2.14. The van der Waals surface area contributed by atoms with Crippen LogP contribution >= 0.6 is 27.5 Å². The number of hydrogen-bond donors (Lipinski definition) is 1. The third-order valence-corrected chi connectivity index (χ3v) is 3.08. The molecule has 1 aromatic carbocycles. The van der Waals surface area contributed by atoms with Crippen LogP contribution in [0.4, 0.5) is 10.1 Å². The monoisotopic (exact) mass is 317 g/mol. The molecule has 1 heterocycles. The minimum atomic E-state index is -0.329. The lowest BCUT2D eigenvalue weighted by atomic mass is 10.2. The first kappa shape index (κ1) is 12.5. The molecule has 0 spiro atoms. The van der Waals surface area contributed by atoms with Gasteiger partial charge in [0.1, 0.15) is 11.6 Å². The van der Waals surface area contributed by atoms with Gasteiger partial charge in [0.15, 0.2) is 4.67 Å². The first-order valence-corrected chi connectivity index (χ1v) is 6.20. The topological polar surface area (TPSA) is 25.2 Å². The van der Waals surface area contributed by atoms with Gasteiger partial charge in [-0.25, -0.2) is 4.39 Å². The Bertz CT molecular complexity index is 529. The molecule has 0 aliphatic heterocycles. The Balaban J connectivity index is 2.18. The fourth-order valence-corrected chi connectivity index (χ4v) is 1.96. The van der Waals surface area contributed by atoms with Crippen molar-refractivity contribution in [3.8, 4) is 0 Å². The van der Waals surface area contributed by atoms with E-state index in [0.717, 1.165) is 5.76 Å². The third kappa shape index (κ3) is 3.01. The van der Waals surface area contributed by atoms with Crippen LogP contribution in [0.15, 0.2) is 39.4 Å². The minimum Gasteiger partial charge on any atom is -0.452 e. The van der Waals surface area contributed by atoms with E-state index in [4.69, 9.17) is 16.0 Å². The van der Waals surface area contributed by atoms with Crippen LogP contribution in [0.1, 0.15) is 18.7 Å². The summed E-state index contributed by atoms with van der Waals surface area (Å²) in [6, 6.07) is 7.75.